The molecule has 0 saturated carbocycles. The summed E-state index contributed by atoms with van der Waals surface area (Å²) >= 11 is 12.6. The number of carbonyl (C=O) groups is 2. The van der Waals surface area contributed by atoms with Crippen LogP contribution in [-0.4, -0.2) is 23.5 Å². The van der Waals surface area contributed by atoms with Crippen LogP contribution in [0.2, 0.25) is 10.0 Å². The second-order valence-electron chi connectivity index (χ2n) is 7.47. The summed E-state index contributed by atoms with van der Waals surface area (Å²) in [6.07, 6.45) is -4.90. The molecule has 0 radical (unpaired) electrons. The highest BCUT2D eigenvalue weighted by Gasteiger charge is 2.32. The number of carboxylic acids is 1. The minimum atomic E-state index is -4.90. The Labute approximate surface area is 208 Å². The van der Waals surface area contributed by atoms with Crippen molar-refractivity contribution >= 4 is 40.9 Å². The third-order valence-electron chi connectivity index (χ3n) is 4.99. The van der Waals surface area contributed by atoms with E-state index in [0.29, 0.717) is 5.56 Å². The van der Waals surface area contributed by atoms with E-state index in [1.807, 2.05) is 0 Å². The number of nitrogens with one attached hydrogen (secondary N) is 2. The number of halogens is 5. The zero-order valence-corrected chi connectivity index (χ0v) is 19.6. The number of urea groups is 1. The monoisotopic (exact) mass is 526 g/mol. The molecule has 0 aliphatic rings. The van der Waals surface area contributed by atoms with Gasteiger partial charge in [-0.15, -0.1) is 13.2 Å². The number of para-hydroxylation sites is 1. The van der Waals surface area contributed by atoms with Gasteiger partial charge in [0, 0.05) is 23.4 Å². The quantitative estimate of drug-likeness (QED) is 0.307. The van der Waals surface area contributed by atoms with Gasteiger partial charge in [-0.25, -0.2) is 4.79 Å². The molecule has 0 saturated heterocycles. The lowest BCUT2D eigenvalue weighted by Crippen LogP contribution is -2.28. The molecule has 0 aliphatic heterocycles. The molecule has 35 heavy (non-hydrogen) atoms. The molecule has 0 aromatic heterocycles. The van der Waals surface area contributed by atoms with Gasteiger partial charge in [-0.2, -0.15) is 0 Å². The zero-order valence-electron chi connectivity index (χ0n) is 18.1. The number of alkyl halides is 3. The van der Waals surface area contributed by atoms with E-state index in [9.17, 15) is 22.8 Å². The van der Waals surface area contributed by atoms with Crippen LogP contribution in [0.4, 0.5) is 23.7 Å². The Hall–Kier alpha value is -3.43. The number of amides is 2. The van der Waals surface area contributed by atoms with Crippen molar-refractivity contribution in [2.75, 3.05) is 5.32 Å². The zero-order chi connectivity index (χ0) is 25.8. The standard InChI is InChI=1S/C24H19Cl2F3N2O4/c1-13(22(32)33)15-8-6-14(7-9-15)12-30-23(34)31-16-10-18(25)21(19(26)11-16)17-4-2-3-5-20(17)35-24(27,28)29/h2-11,13H,12H2,1H3,(H,32,33)(H2,30,31,34). The van der Waals surface area contributed by atoms with Gasteiger partial charge >= 0.3 is 18.4 Å². The highest BCUT2D eigenvalue weighted by Crippen LogP contribution is 2.42. The van der Waals surface area contributed by atoms with Gasteiger partial charge in [-0.05, 0) is 36.2 Å². The molecule has 3 aromatic carbocycles. The molecule has 11 heteroatoms. The van der Waals surface area contributed by atoms with Crippen molar-refractivity contribution < 1.29 is 32.6 Å². The van der Waals surface area contributed by atoms with Crippen molar-refractivity contribution in [3.63, 3.8) is 0 Å². The summed E-state index contributed by atoms with van der Waals surface area (Å²) in [6.45, 7) is 1.74. The predicted molar refractivity (Wildman–Crippen MR) is 127 cm³/mol. The number of carboxylic acid groups (broad SMARTS) is 1. The highest BCUT2D eigenvalue weighted by molar-refractivity contribution is 6.40. The summed E-state index contributed by atoms with van der Waals surface area (Å²) < 4.78 is 42.4. The van der Waals surface area contributed by atoms with Gasteiger partial charge in [0.15, 0.2) is 0 Å². The maximum absolute atomic E-state index is 12.8. The Morgan fingerprint density at radius 1 is 1.03 bits per heavy atom. The topological polar surface area (TPSA) is 87.7 Å². The molecule has 3 aromatic rings. The highest BCUT2D eigenvalue weighted by atomic mass is 35.5. The fourth-order valence-electron chi connectivity index (χ4n) is 3.21. The minimum absolute atomic E-state index is 0.00848. The molecule has 0 spiro atoms. The van der Waals surface area contributed by atoms with Gasteiger partial charge in [-0.3, -0.25) is 4.79 Å². The lowest BCUT2D eigenvalue weighted by molar-refractivity contribution is -0.274. The second kappa shape index (κ2) is 10.9. The van der Waals surface area contributed by atoms with Crippen molar-refractivity contribution in [1.82, 2.24) is 5.32 Å². The van der Waals surface area contributed by atoms with Crippen LogP contribution in [0.5, 0.6) is 5.75 Å². The van der Waals surface area contributed by atoms with E-state index in [1.165, 1.54) is 30.3 Å². The van der Waals surface area contributed by atoms with E-state index in [0.717, 1.165) is 11.6 Å². The summed E-state index contributed by atoms with van der Waals surface area (Å²) in [5.74, 6) is -2.05. The largest absolute Gasteiger partial charge is 0.573 e. The lowest BCUT2D eigenvalue weighted by atomic mass is 10.0. The molecule has 3 N–H and O–H groups in total. The van der Waals surface area contributed by atoms with Crippen LogP contribution in [0.1, 0.15) is 24.0 Å². The van der Waals surface area contributed by atoms with Crippen LogP contribution >= 0.6 is 23.2 Å². The molecule has 2 amide bonds. The van der Waals surface area contributed by atoms with Gasteiger partial charge in [0.1, 0.15) is 5.75 Å². The molecule has 3 rings (SSSR count). The first-order chi connectivity index (χ1) is 16.4. The van der Waals surface area contributed by atoms with Crippen LogP contribution < -0.4 is 15.4 Å². The van der Waals surface area contributed by atoms with Crippen LogP contribution in [0.15, 0.2) is 60.7 Å². The van der Waals surface area contributed by atoms with Crippen LogP contribution in [0.3, 0.4) is 0 Å². The summed E-state index contributed by atoms with van der Waals surface area (Å²) in [4.78, 5) is 23.4. The minimum Gasteiger partial charge on any atom is -0.481 e. The first-order valence-corrected chi connectivity index (χ1v) is 10.9. The summed E-state index contributed by atoms with van der Waals surface area (Å²) in [6, 6.07) is 14.3. The average Bonchev–Trinajstić information content (AvgIpc) is 2.77. The maximum atomic E-state index is 12.8. The van der Waals surface area contributed by atoms with Crippen molar-refractivity contribution in [2.24, 2.45) is 0 Å². The Morgan fingerprint density at radius 3 is 2.20 bits per heavy atom. The third kappa shape index (κ3) is 7.03. The predicted octanol–water partition coefficient (Wildman–Crippen LogP) is 7.07. The number of hydrogen-bond donors (Lipinski definition) is 3. The van der Waals surface area contributed by atoms with Gasteiger partial charge in [0.05, 0.1) is 16.0 Å². The van der Waals surface area contributed by atoms with Gasteiger partial charge in [0.2, 0.25) is 0 Å². The van der Waals surface area contributed by atoms with E-state index in [2.05, 4.69) is 15.4 Å². The van der Waals surface area contributed by atoms with E-state index in [1.54, 1.807) is 31.2 Å². The Balaban J connectivity index is 1.70. The van der Waals surface area contributed by atoms with Gasteiger partial charge < -0.3 is 20.5 Å². The molecular weight excluding hydrogens is 508 g/mol. The molecule has 0 fully saturated rings. The summed E-state index contributed by atoms with van der Waals surface area (Å²) in [5, 5.41) is 14.3. The fourth-order valence-corrected chi connectivity index (χ4v) is 3.90. The van der Waals surface area contributed by atoms with Crippen molar-refractivity contribution in [3.8, 4) is 16.9 Å². The lowest BCUT2D eigenvalue weighted by Gasteiger charge is -2.16. The third-order valence-corrected chi connectivity index (χ3v) is 5.58. The van der Waals surface area contributed by atoms with E-state index < -0.39 is 30.0 Å². The SMILES string of the molecule is CC(C(=O)O)c1ccc(CNC(=O)Nc2cc(Cl)c(-c3ccccc3OC(F)(F)F)c(Cl)c2)cc1. The number of aliphatic carboxylic acids is 1. The van der Waals surface area contributed by atoms with Crippen LogP contribution in [0, 0.1) is 0 Å². The van der Waals surface area contributed by atoms with E-state index in [-0.39, 0.29) is 33.4 Å². The first kappa shape index (κ1) is 26.2. The van der Waals surface area contributed by atoms with Crippen molar-refractivity contribution in [1.29, 1.82) is 0 Å². The van der Waals surface area contributed by atoms with Crippen LogP contribution in [0.25, 0.3) is 11.1 Å². The smallest absolute Gasteiger partial charge is 0.481 e. The number of ether oxygens (including phenoxy) is 1. The Kier molecular flexibility index (Phi) is 8.14. The van der Waals surface area contributed by atoms with Crippen molar-refractivity contribution in [3.05, 3.63) is 81.8 Å². The van der Waals surface area contributed by atoms with E-state index >= 15 is 0 Å². The second-order valence-corrected chi connectivity index (χ2v) is 8.28. The number of benzene rings is 3. The molecule has 6 nitrogen and oxygen atoms in total. The van der Waals surface area contributed by atoms with Crippen LogP contribution in [-0.2, 0) is 11.3 Å². The number of carbonyl (C=O) groups excluding carboxylic acids is 1. The number of anilines is 1. The average molecular weight is 527 g/mol. The molecule has 0 bridgehead atoms. The van der Waals surface area contributed by atoms with Crippen molar-refractivity contribution in [2.45, 2.75) is 25.7 Å². The normalized spacial score (nSPS) is 12.1. The number of hydrogen-bond acceptors (Lipinski definition) is 3. The fraction of sp³-hybridized carbons (Fsp3) is 0.167. The van der Waals surface area contributed by atoms with Gasteiger partial charge in [0.25, 0.3) is 0 Å². The van der Waals surface area contributed by atoms with Gasteiger partial charge in [-0.1, -0.05) is 65.7 Å². The Bertz CT molecular complexity index is 1210. The molecule has 1 atom stereocenters. The summed E-state index contributed by atoms with van der Waals surface area (Å²) in [7, 11) is 0. The maximum Gasteiger partial charge on any atom is 0.573 e. The molecule has 1 unspecified atom stereocenters. The Morgan fingerprint density at radius 2 is 1.63 bits per heavy atom. The molecule has 0 heterocycles. The summed E-state index contributed by atoms with van der Waals surface area (Å²) in [5.41, 5.74) is 1.76. The first-order valence-electron chi connectivity index (χ1n) is 10.2. The molecular formula is C24H19Cl2F3N2O4. The van der Waals surface area contributed by atoms with E-state index in [4.69, 9.17) is 28.3 Å². The number of rotatable bonds is 7. The molecule has 0 aliphatic carbocycles. The molecule has 184 valence electrons.